The van der Waals surface area contributed by atoms with E-state index in [2.05, 4.69) is 12.2 Å². The SMILES string of the molecule is CCC(CO)(Nc1ccccc1Cl)C1CCOC1. The van der Waals surface area contributed by atoms with Crippen molar-refractivity contribution in [1.29, 1.82) is 0 Å². The molecule has 1 aliphatic heterocycles. The van der Waals surface area contributed by atoms with Gasteiger partial charge in [0.15, 0.2) is 0 Å². The number of hydrogen-bond donors (Lipinski definition) is 2. The summed E-state index contributed by atoms with van der Waals surface area (Å²) in [5.41, 5.74) is 0.531. The molecule has 1 aromatic carbocycles. The predicted octanol–water partition coefficient (Wildman–Crippen LogP) is 2.93. The number of ether oxygens (including phenoxy) is 1. The molecule has 0 aliphatic carbocycles. The molecular formula is C14H20ClNO2. The third-order valence-corrected chi connectivity index (χ3v) is 4.21. The van der Waals surface area contributed by atoms with E-state index in [0.717, 1.165) is 25.1 Å². The summed E-state index contributed by atoms with van der Waals surface area (Å²) in [6.07, 6.45) is 1.81. The zero-order valence-corrected chi connectivity index (χ0v) is 11.4. The van der Waals surface area contributed by atoms with E-state index >= 15 is 0 Å². The van der Waals surface area contributed by atoms with Crippen LogP contribution in [0.3, 0.4) is 0 Å². The van der Waals surface area contributed by atoms with Gasteiger partial charge in [0.05, 0.1) is 29.5 Å². The molecule has 0 spiro atoms. The maximum absolute atomic E-state index is 9.83. The molecule has 1 aliphatic rings. The number of rotatable bonds is 5. The normalized spacial score (nSPS) is 22.7. The zero-order chi connectivity index (χ0) is 13.0. The fourth-order valence-corrected chi connectivity index (χ4v) is 2.74. The van der Waals surface area contributed by atoms with Crippen LogP contribution in [0, 0.1) is 5.92 Å². The van der Waals surface area contributed by atoms with Crippen LogP contribution in [0.4, 0.5) is 5.69 Å². The summed E-state index contributed by atoms with van der Waals surface area (Å²) in [6, 6.07) is 7.64. The van der Waals surface area contributed by atoms with E-state index in [1.54, 1.807) is 0 Å². The molecule has 2 rings (SSSR count). The van der Waals surface area contributed by atoms with Gasteiger partial charge in [0, 0.05) is 12.5 Å². The van der Waals surface area contributed by atoms with Crippen molar-refractivity contribution < 1.29 is 9.84 Å². The van der Waals surface area contributed by atoms with E-state index in [4.69, 9.17) is 16.3 Å². The van der Waals surface area contributed by atoms with Gasteiger partial charge in [0.2, 0.25) is 0 Å². The molecule has 3 nitrogen and oxygen atoms in total. The number of hydrogen-bond acceptors (Lipinski definition) is 3. The number of halogens is 1. The zero-order valence-electron chi connectivity index (χ0n) is 10.7. The number of aliphatic hydroxyl groups excluding tert-OH is 1. The van der Waals surface area contributed by atoms with Gasteiger partial charge in [-0.15, -0.1) is 0 Å². The number of para-hydroxylation sites is 1. The predicted molar refractivity (Wildman–Crippen MR) is 74.1 cm³/mol. The van der Waals surface area contributed by atoms with Gasteiger partial charge in [-0.2, -0.15) is 0 Å². The average Bonchev–Trinajstić information content (AvgIpc) is 2.93. The van der Waals surface area contributed by atoms with Crippen molar-refractivity contribution in [2.24, 2.45) is 5.92 Å². The lowest BCUT2D eigenvalue weighted by Gasteiger charge is -2.38. The Hall–Kier alpha value is -0.770. The molecule has 2 atom stereocenters. The largest absolute Gasteiger partial charge is 0.394 e. The first kappa shape index (κ1) is 13.7. The van der Waals surface area contributed by atoms with Crippen LogP contribution in [0.25, 0.3) is 0 Å². The minimum atomic E-state index is -0.346. The molecular weight excluding hydrogens is 250 g/mol. The summed E-state index contributed by atoms with van der Waals surface area (Å²) in [5, 5.41) is 14.0. The molecule has 4 heteroatoms. The fraction of sp³-hybridized carbons (Fsp3) is 0.571. The van der Waals surface area contributed by atoms with Gasteiger partial charge in [-0.05, 0) is 25.0 Å². The molecule has 0 saturated carbocycles. The second-order valence-electron chi connectivity index (χ2n) is 4.83. The molecule has 1 heterocycles. The smallest absolute Gasteiger partial charge is 0.0665 e. The van der Waals surface area contributed by atoms with Crippen LogP contribution in [-0.2, 0) is 4.74 Å². The van der Waals surface area contributed by atoms with Crippen molar-refractivity contribution in [2.75, 3.05) is 25.1 Å². The van der Waals surface area contributed by atoms with Crippen LogP contribution in [-0.4, -0.2) is 30.5 Å². The standard InChI is InChI=1S/C14H20ClNO2/c1-2-14(10-17,11-7-8-18-9-11)16-13-6-4-3-5-12(13)15/h3-6,11,16-17H,2,7-10H2,1H3. The first-order chi connectivity index (χ1) is 8.72. The molecule has 0 aromatic heterocycles. The van der Waals surface area contributed by atoms with Crippen LogP contribution in [0.1, 0.15) is 19.8 Å². The van der Waals surface area contributed by atoms with Crippen molar-refractivity contribution in [2.45, 2.75) is 25.3 Å². The molecule has 0 amide bonds. The van der Waals surface area contributed by atoms with Gasteiger partial charge in [-0.1, -0.05) is 30.7 Å². The van der Waals surface area contributed by atoms with E-state index < -0.39 is 0 Å². The molecule has 18 heavy (non-hydrogen) atoms. The summed E-state index contributed by atoms with van der Waals surface area (Å²) >= 11 is 6.18. The molecule has 1 saturated heterocycles. The number of aliphatic hydroxyl groups is 1. The highest BCUT2D eigenvalue weighted by atomic mass is 35.5. The summed E-state index contributed by atoms with van der Waals surface area (Å²) in [5.74, 6) is 0.323. The number of nitrogens with one attached hydrogen (secondary N) is 1. The van der Waals surface area contributed by atoms with Crippen molar-refractivity contribution >= 4 is 17.3 Å². The minimum Gasteiger partial charge on any atom is -0.394 e. The van der Waals surface area contributed by atoms with Crippen LogP contribution in [0.2, 0.25) is 5.02 Å². The highest BCUT2D eigenvalue weighted by Crippen LogP contribution is 2.34. The van der Waals surface area contributed by atoms with Crippen molar-refractivity contribution in [1.82, 2.24) is 0 Å². The van der Waals surface area contributed by atoms with E-state index in [1.165, 1.54) is 0 Å². The second kappa shape index (κ2) is 5.91. The lowest BCUT2D eigenvalue weighted by atomic mass is 9.81. The van der Waals surface area contributed by atoms with E-state index in [1.807, 2.05) is 24.3 Å². The van der Waals surface area contributed by atoms with Gasteiger partial charge in [-0.25, -0.2) is 0 Å². The first-order valence-corrected chi connectivity index (χ1v) is 6.81. The highest BCUT2D eigenvalue weighted by Gasteiger charge is 2.39. The van der Waals surface area contributed by atoms with Gasteiger partial charge in [-0.3, -0.25) is 0 Å². The van der Waals surface area contributed by atoms with Crippen molar-refractivity contribution in [3.8, 4) is 0 Å². The highest BCUT2D eigenvalue weighted by molar-refractivity contribution is 6.33. The minimum absolute atomic E-state index is 0.0861. The maximum atomic E-state index is 9.83. The Morgan fingerprint density at radius 3 is 2.83 bits per heavy atom. The lowest BCUT2D eigenvalue weighted by Crippen LogP contribution is -2.49. The number of benzene rings is 1. The van der Waals surface area contributed by atoms with Crippen LogP contribution < -0.4 is 5.32 Å². The summed E-state index contributed by atoms with van der Waals surface area (Å²) in [7, 11) is 0. The first-order valence-electron chi connectivity index (χ1n) is 6.43. The van der Waals surface area contributed by atoms with E-state index in [-0.39, 0.29) is 12.1 Å². The van der Waals surface area contributed by atoms with Crippen LogP contribution >= 0.6 is 11.6 Å². The molecule has 2 unspecified atom stereocenters. The van der Waals surface area contributed by atoms with Gasteiger partial charge >= 0.3 is 0 Å². The quantitative estimate of drug-likeness (QED) is 0.864. The Morgan fingerprint density at radius 1 is 1.50 bits per heavy atom. The Kier molecular flexibility index (Phi) is 4.49. The molecule has 100 valence electrons. The van der Waals surface area contributed by atoms with Crippen molar-refractivity contribution in [3.63, 3.8) is 0 Å². The molecule has 0 bridgehead atoms. The second-order valence-corrected chi connectivity index (χ2v) is 5.24. The van der Waals surface area contributed by atoms with Gasteiger partial charge in [0.1, 0.15) is 0 Å². The summed E-state index contributed by atoms with van der Waals surface area (Å²) in [4.78, 5) is 0. The Morgan fingerprint density at radius 2 is 2.28 bits per heavy atom. The summed E-state index contributed by atoms with van der Waals surface area (Å²) in [6.45, 7) is 3.64. The Labute approximate surface area is 113 Å². The van der Waals surface area contributed by atoms with Crippen LogP contribution in [0.15, 0.2) is 24.3 Å². The molecule has 1 fully saturated rings. The topological polar surface area (TPSA) is 41.5 Å². The van der Waals surface area contributed by atoms with E-state index in [0.29, 0.717) is 17.5 Å². The van der Waals surface area contributed by atoms with Crippen molar-refractivity contribution in [3.05, 3.63) is 29.3 Å². The monoisotopic (exact) mass is 269 g/mol. The third-order valence-electron chi connectivity index (χ3n) is 3.88. The molecule has 2 N–H and O–H groups in total. The lowest BCUT2D eigenvalue weighted by molar-refractivity contribution is 0.125. The van der Waals surface area contributed by atoms with Crippen LogP contribution in [0.5, 0.6) is 0 Å². The van der Waals surface area contributed by atoms with Gasteiger partial charge in [0.25, 0.3) is 0 Å². The maximum Gasteiger partial charge on any atom is 0.0665 e. The number of anilines is 1. The fourth-order valence-electron chi connectivity index (χ4n) is 2.56. The average molecular weight is 270 g/mol. The van der Waals surface area contributed by atoms with E-state index in [9.17, 15) is 5.11 Å². The summed E-state index contributed by atoms with van der Waals surface area (Å²) < 4.78 is 5.45. The van der Waals surface area contributed by atoms with Gasteiger partial charge < -0.3 is 15.2 Å². The Balaban J connectivity index is 2.22. The third kappa shape index (κ3) is 2.63. The molecule has 0 radical (unpaired) electrons. The Bertz CT molecular complexity index is 387. The molecule has 1 aromatic rings.